The topological polar surface area (TPSA) is 63.2 Å². The lowest BCUT2D eigenvalue weighted by atomic mass is 10.2. The minimum atomic E-state index is -0.0953. The number of aryl methyl sites for hydroxylation is 2. The fraction of sp³-hybridized carbons (Fsp3) is 0.267. The van der Waals surface area contributed by atoms with Crippen LogP contribution in [0.2, 0.25) is 5.15 Å². The van der Waals surface area contributed by atoms with Crippen LogP contribution in [0.15, 0.2) is 28.7 Å². The SMILES string of the molecule is Cc1nn(C)c(Cl)c1CNc1ccc2oc(CO)cc2c1. The van der Waals surface area contributed by atoms with E-state index in [1.165, 1.54) is 0 Å². The fourth-order valence-electron chi connectivity index (χ4n) is 2.35. The molecule has 6 heteroatoms. The van der Waals surface area contributed by atoms with Gasteiger partial charge in [-0.2, -0.15) is 5.10 Å². The third kappa shape index (κ3) is 2.62. The van der Waals surface area contributed by atoms with E-state index in [0.29, 0.717) is 17.5 Å². The van der Waals surface area contributed by atoms with E-state index >= 15 is 0 Å². The Bertz CT molecular complexity index is 792. The zero-order valence-corrected chi connectivity index (χ0v) is 12.6. The largest absolute Gasteiger partial charge is 0.459 e. The van der Waals surface area contributed by atoms with Crippen LogP contribution in [0.3, 0.4) is 0 Å². The zero-order valence-electron chi connectivity index (χ0n) is 11.9. The number of nitrogens with one attached hydrogen (secondary N) is 1. The number of halogens is 1. The van der Waals surface area contributed by atoms with E-state index in [1.807, 2.05) is 38.2 Å². The maximum atomic E-state index is 9.09. The van der Waals surface area contributed by atoms with E-state index in [2.05, 4.69) is 10.4 Å². The van der Waals surface area contributed by atoms with Crippen molar-refractivity contribution in [2.45, 2.75) is 20.1 Å². The molecule has 0 spiro atoms. The van der Waals surface area contributed by atoms with Crippen LogP contribution in [0.5, 0.6) is 0 Å². The summed E-state index contributed by atoms with van der Waals surface area (Å²) in [6.45, 7) is 2.45. The van der Waals surface area contributed by atoms with Crippen molar-refractivity contribution in [3.8, 4) is 0 Å². The molecular formula is C15H16ClN3O2. The van der Waals surface area contributed by atoms with E-state index in [1.54, 1.807) is 4.68 Å². The van der Waals surface area contributed by atoms with Crippen molar-refractivity contribution in [2.24, 2.45) is 7.05 Å². The number of aliphatic hydroxyl groups is 1. The number of nitrogens with zero attached hydrogens (tertiary/aromatic N) is 2. The summed E-state index contributed by atoms with van der Waals surface area (Å²) in [6, 6.07) is 7.64. The minimum absolute atomic E-state index is 0.0953. The van der Waals surface area contributed by atoms with Crippen molar-refractivity contribution < 1.29 is 9.52 Å². The molecule has 0 atom stereocenters. The first kappa shape index (κ1) is 14.0. The van der Waals surface area contributed by atoms with Gasteiger partial charge < -0.3 is 14.8 Å². The number of furan rings is 1. The Kier molecular flexibility index (Phi) is 3.61. The Balaban J connectivity index is 1.81. The number of rotatable bonds is 4. The predicted molar refractivity (Wildman–Crippen MR) is 82.4 cm³/mol. The Labute approximate surface area is 127 Å². The van der Waals surface area contributed by atoms with Crippen LogP contribution in [-0.4, -0.2) is 14.9 Å². The molecule has 110 valence electrons. The van der Waals surface area contributed by atoms with Gasteiger partial charge in [-0.05, 0) is 31.2 Å². The van der Waals surface area contributed by atoms with E-state index in [0.717, 1.165) is 27.9 Å². The Morgan fingerprint density at radius 3 is 2.86 bits per heavy atom. The Hall–Kier alpha value is -1.98. The Morgan fingerprint density at radius 1 is 1.38 bits per heavy atom. The van der Waals surface area contributed by atoms with Gasteiger partial charge in [-0.1, -0.05) is 11.6 Å². The van der Waals surface area contributed by atoms with E-state index in [4.69, 9.17) is 21.1 Å². The van der Waals surface area contributed by atoms with E-state index < -0.39 is 0 Å². The molecular weight excluding hydrogens is 290 g/mol. The van der Waals surface area contributed by atoms with Crippen LogP contribution in [-0.2, 0) is 20.2 Å². The normalized spacial score (nSPS) is 11.2. The van der Waals surface area contributed by atoms with Gasteiger partial charge in [-0.3, -0.25) is 4.68 Å². The van der Waals surface area contributed by atoms with Crippen molar-refractivity contribution in [1.29, 1.82) is 0 Å². The number of aliphatic hydroxyl groups excluding tert-OH is 1. The monoisotopic (exact) mass is 305 g/mol. The molecule has 0 aliphatic carbocycles. The number of aromatic nitrogens is 2. The third-order valence-corrected chi connectivity index (χ3v) is 3.94. The fourth-order valence-corrected chi connectivity index (χ4v) is 2.59. The quantitative estimate of drug-likeness (QED) is 0.777. The molecule has 3 aromatic rings. The van der Waals surface area contributed by atoms with Crippen LogP contribution in [0.25, 0.3) is 11.0 Å². The molecule has 0 radical (unpaired) electrons. The van der Waals surface area contributed by atoms with Crippen molar-refractivity contribution >= 4 is 28.3 Å². The summed E-state index contributed by atoms with van der Waals surface area (Å²) in [5.41, 5.74) is 3.64. The molecule has 21 heavy (non-hydrogen) atoms. The highest BCUT2D eigenvalue weighted by Gasteiger charge is 2.11. The lowest BCUT2D eigenvalue weighted by Crippen LogP contribution is -2.00. The molecule has 5 nitrogen and oxygen atoms in total. The number of benzene rings is 1. The van der Waals surface area contributed by atoms with Gasteiger partial charge in [0, 0.05) is 30.2 Å². The van der Waals surface area contributed by atoms with Gasteiger partial charge in [0.2, 0.25) is 0 Å². The lowest BCUT2D eigenvalue weighted by Gasteiger charge is -2.06. The van der Waals surface area contributed by atoms with Crippen LogP contribution in [0.1, 0.15) is 17.0 Å². The van der Waals surface area contributed by atoms with Crippen LogP contribution in [0, 0.1) is 6.92 Å². The zero-order chi connectivity index (χ0) is 15.0. The average Bonchev–Trinajstić information content (AvgIpc) is 2.98. The van der Waals surface area contributed by atoms with Crippen molar-refractivity contribution in [1.82, 2.24) is 9.78 Å². The van der Waals surface area contributed by atoms with Gasteiger partial charge in [-0.15, -0.1) is 0 Å². The van der Waals surface area contributed by atoms with Crippen molar-refractivity contribution in [3.05, 3.63) is 46.4 Å². The number of hydrogen-bond donors (Lipinski definition) is 2. The number of fused-ring (bicyclic) bond motifs is 1. The first-order valence-corrected chi connectivity index (χ1v) is 7.01. The highest BCUT2D eigenvalue weighted by Crippen LogP contribution is 2.25. The standard InChI is InChI=1S/C15H16ClN3O2/c1-9-13(15(16)19(2)18-9)7-17-11-3-4-14-10(5-11)6-12(8-20)21-14/h3-6,17,20H,7-8H2,1-2H3. The molecule has 2 N–H and O–H groups in total. The molecule has 0 saturated carbocycles. The summed E-state index contributed by atoms with van der Waals surface area (Å²) < 4.78 is 7.13. The molecule has 0 saturated heterocycles. The Morgan fingerprint density at radius 2 is 2.19 bits per heavy atom. The first-order chi connectivity index (χ1) is 10.1. The molecule has 0 unspecified atom stereocenters. The van der Waals surface area contributed by atoms with Crippen molar-refractivity contribution in [3.63, 3.8) is 0 Å². The molecule has 2 heterocycles. The number of anilines is 1. The minimum Gasteiger partial charge on any atom is -0.459 e. The van der Waals surface area contributed by atoms with Gasteiger partial charge in [0.05, 0.1) is 5.69 Å². The predicted octanol–water partition coefficient (Wildman–Crippen LogP) is 3.23. The van der Waals surface area contributed by atoms with E-state index in [-0.39, 0.29) is 6.61 Å². The van der Waals surface area contributed by atoms with Gasteiger partial charge in [0.15, 0.2) is 0 Å². The molecule has 0 aliphatic rings. The highest BCUT2D eigenvalue weighted by atomic mass is 35.5. The van der Waals surface area contributed by atoms with E-state index in [9.17, 15) is 0 Å². The second-order valence-corrected chi connectivity index (χ2v) is 5.31. The summed E-state index contributed by atoms with van der Waals surface area (Å²) in [6.07, 6.45) is 0. The molecule has 0 bridgehead atoms. The van der Waals surface area contributed by atoms with Crippen LogP contribution < -0.4 is 5.32 Å². The average molecular weight is 306 g/mol. The van der Waals surface area contributed by atoms with Gasteiger partial charge in [0.25, 0.3) is 0 Å². The maximum absolute atomic E-state index is 9.09. The summed E-state index contributed by atoms with van der Waals surface area (Å²) in [5.74, 6) is 0.563. The number of hydrogen-bond acceptors (Lipinski definition) is 4. The third-order valence-electron chi connectivity index (χ3n) is 3.46. The van der Waals surface area contributed by atoms with Crippen LogP contribution in [0.4, 0.5) is 5.69 Å². The lowest BCUT2D eigenvalue weighted by molar-refractivity contribution is 0.251. The van der Waals surface area contributed by atoms with Gasteiger partial charge in [-0.25, -0.2) is 0 Å². The summed E-state index contributed by atoms with van der Waals surface area (Å²) in [5, 5.41) is 18.3. The molecule has 3 rings (SSSR count). The smallest absolute Gasteiger partial charge is 0.134 e. The summed E-state index contributed by atoms with van der Waals surface area (Å²) in [4.78, 5) is 0. The van der Waals surface area contributed by atoms with Gasteiger partial charge in [0.1, 0.15) is 23.1 Å². The second kappa shape index (κ2) is 5.42. The summed E-state index contributed by atoms with van der Waals surface area (Å²) in [7, 11) is 1.83. The first-order valence-electron chi connectivity index (χ1n) is 6.63. The molecule has 0 amide bonds. The van der Waals surface area contributed by atoms with Crippen molar-refractivity contribution in [2.75, 3.05) is 5.32 Å². The molecule has 1 aromatic carbocycles. The molecule has 0 aliphatic heterocycles. The molecule has 2 aromatic heterocycles. The maximum Gasteiger partial charge on any atom is 0.134 e. The van der Waals surface area contributed by atoms with Crippen LogP contribution >= 0.6 is 11.6 Å². The van der Waals surface area contributed by atoms with Gasteiger partial charge >= 0.3 is 0 Å². The molecule has 0 fully saturated rings. The highest BCUT2D eigenvalue weighted by molar-refractivity contribution is 6.30. The summed E-state index contributed by atoms with van der Waals surface area (Å²) >= 11 is 6.22. The second-order valence-electron chi connectivity index (χ2n) is 4.96.